The van der Waals surface area contributed by atoms with Gasteiger partial charge in [-0.1, -0.05) is 43.5 Å². The van der Waals surface area contributed by atoms with Gasteiger partial charge in [-0.05, 0) is 62.1 Å². The smallest absolute Gasteiger partial charge is 0.247 e. The molecule has 0 spiro atoms. The van der Waals surface area contributed by atoms with Crippen LogP contribution in [0.1, 0.15) is 50.6 Å². The van der Waals surface area contributed by atoms with Crippen LogP contribution in [0.25, 0.3) is 10.7 Å². The molecule has 0 bridgehead atoms. The molecule has 6 nitrogen and oxygen atoms in total. The number of amides is 1. The first kappa shape index (κ1) is 21.9. The van der Waals surface area contributed by atoms with Crippen molar-refractivity contribution in [1.82, 2.24) is 19.7 Å². The van der Waals surface area contributed by atoms with Gasteiger partial charge >= 0.3 is 0 Å². The maximum atomic E-state index is 13.2. The summed E-state index contributed by atoms with van der Waals surface area (Å²) < 4.78 is 2.23. The van der Waals surface area contributed by atoms with E-state index < -0.39 is 6.04 Å². The first-order valence-corrected chi connectivity index (χ1v) is 12.1. The van der Waals surface area contributed by atoms with Gasteiger partial charge in [0.2, 0.25) is 5.91 Å². The average Bonchev–Trinajstić information content (AvgIpc) is 3.44. The highest BCUT2D eigenvalue weighted by Crippen LogP contribution is 2.28. The normalized spacial score (nSPS) is 15.8. The van der Waals surface area contributed by atoms with Crippen LogP contribution in [0.2, 0.25) is 0 Å². The lowest BCUT2D eigenvalue weighted by Gasteiger charge is -2.31. The van der Waals surface area contributed by atoms with Gasteiger partial charge in [0.05, 0.1) is 4.88 Å². The first-order valence-electron chi connectivity index (χ1n) is 10.8. The van der Waals surface area contributed by atoms with E-state index in [1.54, 1.807) is 15.9 Å². The number of carbonyl (C=O) groups excluding carboxylic acids is 1. The number of hydrogen-bond donors (Lipinski definition) is 2. The van der Waals surface area contributed by atoms with E-state index in [4.69, 9.17) is 12.2 Å². The van der Waals surface area contributed by atoms with E-state index in [9.17, 15) is 4.79 Å². The molecular formula is C23H29N5OS2. The summed E-state index contributed by atoms with van der Waals surface area (Å²) in [5.74, 6) is 0.580. The lowest BCUT2D eigenvalue weighted by molar-refractivity contribution is -0.118. The van der Waals surface area contributed by atoms with E-state index in [0.29, 0.717) is 16.6 Å². The summed E-state index contributed by atoms with van der Waals surface area (Å²) in [6.45, 7) is 2.68. The van der Waals surface area contributed by atoms with E-state index in [2.05, 4.69) is 33.5 Å². The lowest BCUT2D eigenvalue weighted by Crippen LogP contribution is -2.33. The number of benzene rings is 1. The molecule has 1 aliphatic rings. The van der Waals surface area contributed by atoms with Crippen LogP contribution in [-0.2, 0) is 11.3 Å². The molecule has 31 heavy (non-hydrogen) atoms. The number of H-pyrrole nitrogens is 1. The number of aromatic nitrogens is 3. The molecule has 164 valence electrons. The number of para-hydroxylation sites is 1. The molecule has 0 radical (unpaired) electrons. The summed E-state index contributed by atoms with van der Waals surface area (Å²) in [5, 5.41) is 12.3. The molecule has 1 amide bonds. The molecule has 4 rings (SSSR count). The molecule has 2 aromatic heterocycles. The number of thiophene rings is 1. The van der Waals surface area contributed by atoms with Crippen molar-refractivity contribution < 1.29 is 4.79 Å². The van der Waals surface area contributed by atoms with Crippen molar-refractivity contribution >= 4 is 35.1 Å². The molecule has 0 aliphatic heterocycles. The molecule has 1 aliphatic carbocycles. The van der Waals surface area contributed by atoms with Gasteiger partial charge in [0, 0.05) is 18.3 Å². The SMILES string of the molecule is CC(C(=O)Nc1ccccc1CN(C)C1CCCCC1)n1c(-c2cccs2)n[nH]c1=S. The molecule has 3 aromatic rings. The standard InChI is InChI=1S/C23H29N5OS2/c1-16(28-21(25-26-23(28)30)20-13-8-14-31-20)22(29)24-19-12-7-6-9-17(19)15-27(2)18-10-4-3-5-11-18/h6-9,12-14,16,18H,3-5,10-11,15H2,1-2H3,(H,24,29)(H,26,30). The van der Waals surface area contributed by atoms with E-state index in [0.717, 1.165) is 22.7 Å². The average molecular weight is 456 g/mol. The van der Waals surface area contributed by atoms with Crippen molar-refractivity contribution in [2.24, 2.45) is 0 Å². The summed E-state index contributed by atoms with van der Waals surface area (Å²) in [6.07, 6.45) is 6.48. The Balaban J connectivity index is 1.51. The van der Waals surface area contributed by atoms with Crippen molar-refractivity contribution in [2.75, 3.05) is 12.4 Å². The molecule has 0 saturated heterocycles. The highest BCUT2D eigenvalue weighted by molar-refractivity contribution is 7.71. The number of anilines is 1. The Labute approximate surface area is 192 Å². The van der Waals surface area contributed by atoms with Crippen LogP contribution < -0.4 is 5.32 Å². The Morgan fingerprint density at radius 3 is 2.81 bits per heavy atom. The first-order chi connectivity index (χ1) is 15.0. The Bertz CT molecular complexity index is 1070. The van der Waals surface area contributed by atoms with Crippen LogP contribution in [0.5, 0.6) is 0 Å². The van der Waals surface area contributed by atoms with Crippen LogP contribution in [0.15, 0.2) is 41.8 Å². The van der Waals surface area contributed by atoms with Crippen LogP contribution in [-0.4, -0.2) is 38.7 Å². The van der Waals surface area contributed by atoms with Crippen LogP contribution in [0.4, 0.5) is 5.69 Å². The largest absolute Gasteiger partial charge is 0.324 e. The second kappa shape index (κ2) is 9.89. The fourth-order valence-electron chi connectivity index (χ4n) is 4.30. The van der Waals surface area contributed by atoms with Crippen LogP contribution in [0.3, 0.4) is 0 Å². The molecule has 1 atom stereocenters. The van der Waals surface area contributed by atoms with Crippen molar-refractivity contribution in [3.8, 4) is 10.7 Å². The van der Waals surface area contributed by atoms with Gasteiger partial charge < -0.3 is 5.32 Å². The minimum absolute atomic E-state index is 0.108. The third-order valence-electron chi connectivity index (χ3n) is 6.11. The van der Waals surface area contributed by atoms with Crippen LogP contribution in [0, 0.1) is 4.77 Å². The van der Waals surface area contributed by atoms with E-state index in [1.807, 2.05) is 42.6 Å². The molecule has 1 fully saturated rings. The lowest BCUT2D eigenvalue weighted by atomic mass is 9.94. The molecule has 1 aromatic carbocycles. The number of rotatable bonds is 7. The zero-order valence-electron chi connectivity index (χ0n) is 18.0. The molecule has 8 heteroatoms. The summed E-state index contributed by atoms with van der Waals surface area (Å²) in [6, 6.07) is 12.1. The monoisotopic (exact) mass is 455 g/mol. The minimum Gasteiger partial charge on any atom is -0.324 e. The molecular weight excluding hydrogens is 426 g/mol. The zero-order chi connectivity index (χ0) is 21.8. The molecule has 1 saturated carbocycles. The number of nitrogens with zero attached hydrogens (tertiary/aromatic N) is 3. The Hall–Kier alpha value is -2.29. The number of carbonyl (C=O) groups is 1. The molecule has 2 heterocycles. The molecule has 1 unspecified atom stereocenters. The Morgan fingerprint density at radius 2 is 2.06 bits per heavy atom. The van der Waals surface area contributed by atoms with Crippen molar-refractivity contribution in [2.45, 2.75) is 57.7 Å². The third kappa shape index (κ3) is 4.97. The fourth-order valence-corrected chi connectivity index (χ4v) is 5.30. The van der Waals surface area contributed by atoms with Gasteiger partial charge in [-0.2, -0.15) is 5.10 Å². The summed E-state index contributed by atoms with van der Waals surface area (Å²) in [7, 11) is 2.19. The number of nitrogens with one attached hydrogen (secondary N) is 2. The Kier molecular flexibility index (Phi) is 6.99. The maximum Gasteiger partial charge on any atom is 0.247 e. The second-order valence-corrected chi connectivity index (χ2v) is 9.56. The highest BCUT2D eigenvalue weighted by atomic mass is 32.1. The van der Waals surface area contributed by atoms with Crippen molar-refractivity contribution in [3.05, 3.63) is 52.1 Å². The summed E-state index contributed by atoms with van der Waals surface area (Å²) >= 11 is 7.00. The minimum atomic E-state index is -0.493. The summed E-state index contributed by atoms with van der Waals surface area (Å²) in [5.41, 5.74) is 1.99. The second-order valence-electron chi connectivity index (χ2n) is 8.23. The third-order valence-corrected chi connectivity index (χ3v) is 7.26. The van der Waals surface area contributed by atoms with Crippen LogP contribution >= 0.6 is 23.6 Å². The highest BCUT2D eigenvalue weighted by Gasteiger charge is 2.23. The molecule has 2 N–H and O–H groups in total. The zero-order valence-corrected chi connectivity index (χ0v) is 19.6. The quantitative estimate of drug-likeness (QED) is 0.453. The van der Waals surface area contributed by atoms with Gasteiger partial charge in [0.25, 0.3) is 0 Å². The Morgan fingerprint density at radius 1 is 1.29 bits per heavy atom. The summed E-state index contributed by atoms with van der Waals surface area (Å²) in [4.78, 5) is 16.6. The maximum absolute atomic E-state index is 13.2. The van der Waals surface area contributed by atoms with Crippen molar-refractivity contribution in [3.63, 3.8) is 0 Å². The number of hydrogen-bond acceptors (Lipinski definition) is 5. The predicted molar refractivity (Wildman–Crippen MR) is 129 cm³/mol. The van der Waals surface area contributed by atoms with Crippen molar-refractivity contribution in [1.29, 1.82) is 0 Å². The van der Waals surface area contributed by atoms with Gasteiger partial charge in [-0.25, -0.2) is 0 Å². The van der Waals surface area contributed by atoms with E-state index in [-0.39, 0.29) is 5.91 Å². The van der Waals surface area contributed by atoms with Gasteiger partial charge in [0.15, 0.2) is 10.6 Å². The van der Waals surface area contributed by atoms with E-state index >= 15 is 0 Å². The van der Waals surface area contributed by atoms with Gasteiger partial charge in [-0.3, -0.25) is 19.4 Å². The van der Waals surface area contributed by atoms with Gasteiger partial charge in [0.1, 0.15) is 6.04 Å². The number of aromatic amines is 1. The fraction of sp³-hybridized carbons (Fsp3) is 0.435. The topological polar surface area (TPSA) is 66.0 Å². The van der Waals surface area contributed by atoms with E-state index in [1.165, 1.54) is 32.1 Å². The van der Waals surface area contributed by atoms with Gasteiger partial charge in [-0.15, -0.1) is 11.3 Å². The predicted octanol–water partition coefficient (Wildman–Crippen LogP) is 5.63.